The summed E-state index contributed by atoms with van der Waals surface area (Å²) in [5.74, 6) is 1.68. The van der Waals surface area contributed by atoms with Gasteiger partial charge in [0.2, 0.25) is 5.88 Å². The van der Waals surface area contributed by atoms with Gasteiger partial charge in [-0.2, -0.15) is 10.1 Å². The van der Waals surface area contributed by atoms with Crippen LogP contribution < -0.4 is 19.5 Å². The summed E-state index contributed by atoms with van der Waals surface area (Å²) in [4.78, 5) is 25.3. The van der Waals surface area contributed by atoms with E-state index in [0.717, 1.165) is 0 Å². The molecule has 4 heterocycles. The van der Waals surface area contributed by atoms with E-state index in [1.807, 2.05) is 0 Å². The van der Waals surface area contributed by atoms with Gasteiger partial charge in [-0.1, -0.05) is 6.07 Å². The Bertz CT molecular complexity index is 1180. The Morgan fingerprint density at radius 2 is 1.93 bits per heavy atom. The smallest absolute Gasteiger partial charge is 0.260 e. The van der Waals surface area contributed by atoms with Crippen LogP contribution in [0, 0.1) is 0 Å². The molecule has 0 atom stereocenters. The number of hydrogen-bond acceptors (Lipinski definition) is 8. The van der Waals surface area contributed by atoms with E-state index in [0.29, 0.717) is 34.6 Å². The van der Waals surface area contributed by atoms with Crippen LogP contribution in [0.2, 0.25) is 0 Å². The van der Waals surface area contributed by atoms with Gasteiger partial charge in [-0.15, -0.1) is 0 Å². The molecule has 0 fully saturated rings. The van der Waals surface area contributed by atoms with Gasteiger partial charge in [0.1, 0.15) is 29.4 Å². The standard InChI is InChI=1S/C19H16N6O4/c1-27-12-6-13(9-20-8-12)29-14-7-15(18-21-11-22-25(18)10-14)19(26)24-16-4-3-5-17(23-16)28-2/h3-11H,1-2H3,(H,23,24,26). The molecule has 1 N–H and O–H groups in total. The number of rotatable bonds is 6. The van der Waals surface area contributed by atoms with Crippen molar-refractivity contribution in [1.29, 1.82) is 0 Å². The van der Waals surface area contributed by atoms with Crippen LogP contribution in [0.15, 0.2) is 55.2 Å². The number of amides is 1. The van der Waals surface area contributed by atoms with Gasteiger partial charge >= 0.3 is 0 Å². The van der Waals surface area contributed by atoms with Gasteiger partial charge in [0.05, 0.1) is 38.4 Å². The maximum absolute atomic E-state index is 12.9. The van der Waals surface area contributed by atoms with Crippen LogP contribution in [0.3, 0.4) is 0 Å². The zero-order valence-electron chi connectivity index (χ0n) is 15.6. The predicted octanol–water partition coefficient (Wildman–Crippen LogP) is 2.58. The van der Waals surface area contributed by atoms with Crippen molar-refractivity contribution in [2.24, 2.45) is 0 Å². The average Bonchev–Trinajstić information content (AvgIpc) is 3.22. The van der Waals surface area contributed by atoms with Crippen molar-refractivity contribution in [3.8, 4) is 23.1 Å². The lowest BCUT2D eigenvalue weighted by atomic mass is 10.2. The maximum atomic E-state index is 12.9. The van der Waals surface area contributed by atoms with Gasteiger partial charge < -0.3 is 19.5 Å². The highest BCUT2D eigenvalue weighted by atomic mass is 16.5. The van der Waals surface area contributed by atoms with Crippen molar-refractivity contribution in [3.05, 3.63) is 60.8 Å². The molecule has 0 saturated heterocycles. The second-order valence-electron chi connectivity index (χ2n) is 5.80. The van der Waals surface area contributed by atoms with Crippen molar-refractivity contribution in [1.82, 2.24) is 24.6 Å². The number of aromatic nitrogens is 5. The lowest BCUT2D eigenvalue weighted by Gasteiger charge is -2.10. The van der Waals surface area contributed by atoms with Gasteiger partial charge in [0.25, 0.3) is 5.91 Å². The molecular formula is C19H16N6O4. The quantitative estimate of drug-likeness (QED) is 0.533. The van der Waals surface area contributed by atoms with E-state index in [1.165, 1.54) is 31.3 Å². The van der Waals surface area contributed by atoms with Crippen LogP contribution in [0.1, 0.15) is 10.4 Å². The molecule has 10 heteroatoms. The summed E-state index contributed by atoms with van der Waals surface area (Å²) in [5, 5.41) is 6.83. The van der Waals surface area contributed by atoms with Gasteiger partial charge in [-0.25, -0.2) is 9.50 Å². The minimum absolute atomic E-state index is 0.264. The number of nitrogens with one attached hydrogen (secondary N) is 1. The van der Waals surface area contributed by atoms with E-state index in [4.69, 9.17) is 14.2 Å². The predicted molar refractivity (Wildman–Crippen MR) is 103 cm³/mol. The lowest BCUT2D eigenvalue weighted by Crippen LogP contribution is -2.15. The number of fused-ring (bicyclic) bond motifs is 1. The van der Waals surface area contributed by atoms with E-state index in [-0.39, 0.29) is 5.56 Å². The van der Waals surface area contributed by atoms with Crippen molar-refractivity contribution < 1.29 is 19.0 Å². The van der Waals surface area contributed by atoms with Crippen LogP contribution in [-0.2, 0) is 0 Å². The van der Waals surface area contributed by atoms with Gasteiger partial charge in [0, 0.05) is 12.1 Å². The van der Waals surface area contributed by atoms with E-state index in [9.17, 15) is 4.79 Å². The van der Waals surface area contributed by atoms with Gasteiger partial charge in [0.15, 0.2) is 5.65 Å². The molecule has 146 valence electrons. The summed E-state index contributed by atoms with van der Waals surface area (Å²) in [5.41, 5.74) is 0.641. The molecular weight excluding hydrogens is 376 g/mol. The summed E-state index contributed by atoms with van der Waals surface area (Å²) in [6.07, 6.45) is 6.07. The van der Waals surface area contributed by atoms with Crippen LogP contribution in [0.5, 0.6) is 23.1 Å². The normalized spacial score (nSPS) is 10.6. The zero-order valence-corrected chi connectivity index (χ0v) is 15.6. The summed E-state index contributed by atoms with van der Waals surface area (Å²) < 4.78 is 17.5. The topological polar surface area (TPSA) is 113 Å². The van der Waals surface area contributed by atoms with Crippen molar-refractivity contribution in [3.63, 3.8) is 0 Å². The maximum Gasteiger partial charge on any atom is 0.260 e. The first-order chi connectivity index (χ1) is 14.2. The highest BCUT2D eigenvalue weighted by Crippen LogP contribution is 2.26. The summed E-state index contributed by atoms with van der Waals surface area (Å²) >= 11 is 0. The monoisotopic (exact) mass is 392 g/mol. The molecule has 0 aliphatic heterocycles. The molecule has 0 unspecified atom stereocenters. The highest BCUT2D eigenvalue weighted by Gasteiger charge is 2.16. The number of carbonyl (C=O) groups is 1. The van der Waals surface area contributed by atoms with E-state index >= 15 is 0 Å². The first-order valence-corrected chi connectivity index (χ1v) is 8.49. The Labute approximate surface area is 165 Å². The molecule has 4 aromatic rings. The van der Waals surface area contributed by atoms with Crippen LogP contribution >= 0.6 is 0 Å². The van der Waals surface area contributed by atoms with E-state index < -0.39 is 5.91 Å². The number of methoxy groups -OCH3 is 2. The number of pyridine rings is 3. The molecule has 0 aromatic carbocycles. The largest absolute Gasteiger partial charge is 0.495 e. The third-order valence-electron chi connectivity index (χ3n) is 3.93. The number of carbonyl (C=O) groups excluding carboxylic acids is 1. The third-order valence-corrected chi connectivity index (χ3v) is 3.93. The van der Waals surface area contributed by atoms with Crippen molar-refractivity contribution in [2.75, 3.05) is 19.5 Å². The molecule has 4 aromatic heterocycles. The SMILES string of the molecule is COc1cncc(Oc2cc(C(=O)Nc3cccc(OC)n3)c3ncnn3c2)c1. The Hall–Kier alpha value is -4.21. The van der Waals surface area contributed by atoms with Crippen LogP contribution in [-0.4, -0.2) is 44.7 Å². The summed E-state index contributed by atoms with van der Waals surface area (Å²) in [7, 11) is 3.04. The van der Waals surface area contributed by atoms with Crippen molar-refractivity contribution >= 4 is 17.4 Å². The van der Waals surface area contributed by atoms with Gasteiger partial charge in [-0.3, -0.25) is 9.78 Å². The first-order valence-electron chi connectivity index (χ1n) is 8.49. The molecule has 1 amide bonds. The molecule has 0 radical (unpaired) electrons. The van der Waals surface area contributed by atoms with Crippen molar-refractivity contribution in [2.45, 2.75) is 0 Å². The molecule has 0 saturated carbocycles. The number of anilines is 1. The van der Waals surface area contributed by atoms with Gasteiger partial charge in [-0.05, 0) is 12.1 Å². The second kappa shape index (κ2) is 7.80. The zero-order chi connectivity index (χ0) is 20.2. The number of ether oxygens (including phenoxy) is 3. The van der Waals surface area contributed by atoms with Crippen LogP contribution in [0.4, 0.5) is 5.82 Å². The number of hydrogen-bond donors (Lipinski definition) is 1. The minimum atomic E-state index is -0.419. The van der Waals surface area contributed by atoms with Crippen LogP contribution in [0.25, 0.3) is 5.65 Å². The summed E-state index contributed by atoms with van der Waals surface area (Å²) in [6.45, 7) is 0. The highest BCUT2D eigenvalue weighted by molar-refractivity contribution is 6.08. The Morgan fingerprint density at radius 1 is 1.07 bits per heavy atom. The van der Waals surface area contributed by atoms with E-state index in [1.54, 1.807) is 42.7 Å². The molecule has 4 rings (SSSR count). The average molecular weight is 392 g/mol. The second-order valence-corrected chi connectivity index (χ2v) is 5.80. The number of nitrogens with zero attached hydrogens (tertiary/aromatic N) is 5. The fourth-order valence-electron chi connectivity index (χ4n) is 2.61. The molecule has 0 spiro atoms. The molecule has 0 bridgehead atoms. The fourth-order valence-corrected chi connectivity index (χ4v) is 2.61. The fraction of sp³-hybridized carbons (Fsp3) is 0.105. The molecule has 0 aliphatic carbocycles. The lowest BCUT2D eigenvalue weighted by molar-refractivity contribution is 0.102. The molecule has 10 nitrogen and oxygen atoms in total. The van der Waals surface area contributed by atoms with E-state index in [2.05, 4.69) is 25.4 Å². The molecule has 29 heavy (non-hydrogen) atoms. The Morgan fingerprint density at radius 3 is 2.76 bits per heavy atom. The molecule has 0 aliphatic rings. The summed E-state index contributed by atoms with van der Waals surface area (Å²) in [6, 6.07) is 8.31. The third kappa shape index (κ3) is 3.90. The first kappa shape index (κ1) is 18.2. The Kier molecular flexibility index (Phi) is 4.89. The Balaban J connectivity index is 1.66. The minimum Gasteiger partial charge on any atom is -0.495 e.